The fourth-order valence-corrected chi connectivity index (χ4v) is 1.63. The first-order valence-electron chi connectivity index (χ1n) is 6.05. The van der Waals surface area contributed by atoms with Crippen molar-refractivity contribution in [2.24, 2.45) is 0 Å². The number of carbonyl (C=O) groups is 2. The summed E-state index contributed by atoms with van der Waals surface area (Å²) in [6.07, 6.45) is 1.12. The molecular formula is C14H17BrN2O3. The third-order valence-electron chi connectivity index (χ3n) is 2.25. The van der Waals surface area contributed by atoms with Crippen molar-refractivity contribution in [1.82, 2.24) is 5.32 Å². The molecule has 5 nitrogen and oxygen atoms in total. The number of rotatable bonds is 5. The molecule has 0 heterocycles. The van der Waals surface area contributed by atoms with Crippen molar-refractivity contribution in [2.75, 3.05) is 12.4 Å². The maximum atomic E-state index is 12.0. The lowest BCUT2D eigenvalue weighted by Gasteiger charge is -2.13. The lowest BCUT2D eigenvalue weighted by molar-refractivity contribution is -0.135. The molecule has 1 aromatic rings. The van der Waals surface area contributed by atoms with Crippen molar-refractivity contribution >= 4 is 33.5 Å². The summed E-state index contributed by atoms with van der Waals surface area (Å²) in [6.45, 7) is 3.68. The van der Waals surface area contributed by atoms with Gasteiger partial charge in [0.15, 0.2) is 0 Å². The fraction of sp³-hybridized carbons (Fsp3) is 0.286. The Bertz CT molecular complexity index is 510. The van der Waals surface area contributed by atoms with Gasteiger partial charge in [-0.05, 0) is 38.1 Å². The molecule has 0 aromatic heterocycles. The van der Waals surface area contributed by atoms with Gasteiger partial charge in [0.2, 0.25) is 0 Å². The molecule has 0 unspecified atom stereocenters. The molecule has 0 fully saturated rings. The van der Waals surface area contributed by atoms with Gasteiger partial charge in [0.25, 0.3) is 5.91 Å². The van der Waals surface area contributed by atoms with Gasteiger partial charge in [0, 0.05) is 16.2 Å². The number of ether oxygens (including phenoxy) is 1. The summed E-state index contributed by atoms with van der Waals surface area (Å²) in [5.41, 5.74) is 0.829. The lowest BCUT2D eigenvalue weighted by atomic mass is 10.2. The Morgan fingerprint density at radius 1 is 1.25 bits per heavy atom. The topological polar surface area (TPSA) is 67.4 Å². The van der Waals surface area contributed by atoms with Gasteiger partial charge in [-0.25, -0.2) is 4.79 Å². The van der Waals surface area contributed by atoms with Crippen LogP contribution in [0, 0.1) is 0 Å². The Labute approximate surface area is 126 Å². The van der Waals surface area contributed by atoms with Crippen LogP contribution < -0.4 is 10.6 Å². The number of benzene rings is 1. The second-order valence-corrected chi connectivity index (χ2v) is 5.26. The predicted octanol–water partition coefficient (Wildman–Crippen LogP) is 2.44. The highest BCUT2D eigenvalue weighted by Crippen LogP contribution is 2.16. The average molecular weight is 341 g/mol. The molecule has 0 aliphatic rings. The molecule has 1 rings (SSSR count). The van der Waals surface area contributed by atoms with Crippen molar-refractivity contribution in [3.05, 3.63) is 40.5 Å². The van der Waals surface area contributed by atoms with Gasteiger partial charge in [0.1, 0.15) is 5.70 Å². The van der Waals surface area contributed by atoms with Crippen LogP contribution >= 0.6 is 15.9 Å². The van der Waals surface area contributed by atoms with Crippen LogP contribution in [-0.2, 0) is 14.3 Å². The van der Waals surface area contributed by atoms with Crippen LogP contribution in [-0.4, -0.2) is 25.0 Å². The molecule has 1 aromatic carbocycles. The minimum atomic E-state index is -0.594. The van der Waals surface area contributed by atoms with Gasteiger partial charge < -0.3 is 15.4 Å². The second-order valence-electron chi connectivity index (χ2n) is 4.34. The molecule has 20 heavy (non-hydrogen) atoms. The van der Waals surface area contributed by atoms with Crippen molar-refractivity contribution in [1.29, 1.82) is 0 Å². The normalized spacial score (nSPS) is 11.2. The maximum absolute atomic E-state index is 12.0. The van der Waals surface area contributed by atoms with E-state index in [1.54, 1.807) is 12.1 Å². The first-order chi connectivity index (χ1) is 9.42. The zero-order valence-electron chi connectivity index (χ0n) is 11.6. The summed E-state index contributed by atoms with van der Waals surface area (Å²) in [6, 6.07) is 7.21. The zero-order chi connectivity index (χ0) is 15.1. The third-order valence-corrected chi connectivity index (χ3v) is 2.78. The van der Waals surface area contributed by atoms with Gasteiger partial charge in [-0.2, -0.15) is 0 Å². The van der Waals surface area contributed by atoms with E-state index in [-0.39, 0.29) is 17.6 Å². The fourth-order valence-electron chi connectivity index (χ4n) is 1.36. The molecule has 1 amide bonds. The molecule has 0 atom stereocenters. The maximum Gasteiger partial charge on any atom is 0.332 e. The van der Waals surface area contributed by atoms with Crippen LogP contribution in [0.3, 0.4) is 0 Å². The zero-order valence-corrected chi connectivity index (χ0v) is 13.2. The Hall–Kier alpha value is -1.82. The number of hydrogen-bond donors (Lipinski definition) is 2. The van der Waals surface area contributed by atoms with Crippen molar-refractivity contribution in [3.63, 3.8) is 0 Å². The molecule has 108 valence electrons. The number of hydrogen-bond acceptors (Lipinski definition) is 4. The minimum absolute atomic E-state index is 0.0322. The SMILES string of the molecule is COC(=O)/C=C(\Nc1ccc(Br)cc1)C(=O)NC(C)C. The molecule has 2 N–H and O–H groups in total. The molecular weight excluding hydrogens is 324 g/mol. The first-order valence-corrected chi connectivity index (χ1v) is 6.84. The van der Waals surface area contributed by atoms with E-state index in [9.17, 15) is 9.59 Å². The van der Waals surface area contributed by atoms with Gasteiger partial charge in [-0.15, -0.1) is 0 Å². The summed E-state index contributed by atoms with van der Waals surface area (Å²) in [5, 5.41) is 5.62. The summed E-state index contributed by atoms with van der Waals surface area (Å²) in [5.74, 6) is -0.961. The highest BCUT2D eigenvalue weighted by atomic mass is 79.9. The van der Waals surface area contributed by atoms with Crippen molar-refractivity contribution < 1.29 is 14.3 Å². The molecule has 0 radical (unpaired) electrons. The molecule has 0 spiro atoms. The third kappa shape index (κ3) is 5.44. The number of carbonyl (C=O) groups excluding carboxylic acids is 2. The van der Waals surface area contributed by atoms with E-state index in [0.29, 0.717) is 5.69 Å². The number of methoxy groups -OCH3 is 1. The Kier molecular flexibility index (Phi) is 6.24. The highest BCUT2D eigenvalue weighted by molar-refractivity contribution is 9.10. The summed E-state index contributed by atoms with van der Waals surface area (Å²) in [4.78, 5) is 23.3. The van der Waals surface area contributed by atoms with Crippen LogP contribution in [0.4, 0.5) is 5.69 Å². The second kappa shape index (κ2) is 7.69. The smallest absolute Gasteiger partial charge is 0.332 e. The van der Waals surface area contributed by atoms with Crippen molar-refractivity contribution in [2.45, 2.75) is 19.9 Å². The van der Waals surface area contributed by atoms with Crippen LogP contribution in [0.1, 0.15) is 13.8 Å². The summed E-state index contributed by atoms with van der Waals surface area (Å²) < 4.78 is 5.47. The Balaban J connectivity index is 2.93. The van der Waals surface area contributed by atoms with Crippen LogP contribution in [0.5, 0.6) is 0 Å². The highest BCUT2D eigenvalue weighted by Gasteiger charge is 2.13. The Morgan fingerprint density at radius 3 is 2.35 bits per heavy atom. The molecule has 0 saturated heterocycles. The van der Waals surface area contributed by atoms with E-state index >= 15 is 0 Å². The monoisotopic (exact) mass is 340 g/mol. The quantitative estimate of drug-likeness (QED) is 0.638. The van der Waals surface area contributed by atoms with E-state index in [2.05, 4.69) is 31.3 Å². The molecule has 0 aliphatic carbocycles. The molecule has 0 saturated carbocycles. The van der Waals surface area contributed by atoms with E-state index in [4.69, 9.17) is 0 Å². The Morgan fingerprint density at radius 2 is 1.85 bits per heavy atom. The largest absolute Gasteiger partial charge is 0.466 e. The van der Waals surface area contributed by atoms with E-state index in [0.717, 1.165) is 10.5 Å². The lowest BCUT2D eigenvalue weighted by Crippen LogP contribution is -2.34. The van der Waals surface area contributed by atoms with E-state index < -0.39 is 5.97 Å². The van der Waals surface area contributed by atoms with E-state index in [1.165, 1.54) is 7.11 Å². The number of halogens is 1. The van der Waals surface area contributed by atoms with Gasteiger partial charge >= 0.3 is 5.97 Å². The van der Waals surface area contributed by atoms with Crippen LogP contribution in [0.2, 0.25) is 0 Å². The van der Waals surface area contributed by atoms with Crippen molar-refractivity contribution in [3.8, 4) is 0 Å². The summed E-state index contributed by atoms with van der Waals surface area (Å²) in [7, 11) is 1.26. The molecule has 6 heteroatoms. The average Bonchev–Trinajstić information content (AvgIpc) is 2.39. The number of nitrogens with one attached hydrogen (secondary N) is 2. The number of amides is 1. The van der Waals surface area contributed by atoms with Gasteiger partial charge in [0.05, 0.1) is 13.2 Å². The van der Waals surface area contributed by atoms with Crippen LogP contribution in [0.15, 0.2) is 40.5 Å². The standard InChI is InChI=1S/C14H17BrN2O3/c1-9(2)16-14(19)12(8-13(18)20-3)17-11-6-4-10(15)5-7-11/h4-9,17H,1-3H3,(H,16,19)/b12-8-. The van der Waals surface area contributed by atoms with Gasteiger partial charge in [-0.1, -0.05) is 15.9 Å². The van der Waals surface area contributed by atoms with Crippen LogP contribution in [0.25, 0.3) is 0 Å². The number of esters is 1. The molecule has 0 aliphatic heterocycles. The van der Waals surface area contributed by atoms with Gasteiger partial charge in [-0.3, -0.25) is 4.79 Å². The summed E-state index contributed by atoms with van der Waals surface area (Å²) >= 11 is 3.33. The first kappa shape index (κ1) is 16.2. The minimum Gasteiger partial charge on any atom is -0.466 e. The van der Waals surface area contributed by atoms with E-state index in [1.807, 2.05) is 26.0 Å². The number of anilines is 1. The molecule has 0 bridgehead atoms. The predicted molar refractivity (Wildman–Crippen MR) is 81.1 cm³/mol.